The van der Waals surface area contributed by atoms with Crippen LogP contribution in [-0.4, -0.2) is 37.5 Å². The Labute approximate surface area is 126 Å². The fraction of sp³-hybridized carbons (Fsp3) is 0.867. The van der Waals surface area contributed by atoms with Crippen molar-refractivity contribution in [2.24, 2.45) is 5.92 Å². The number of alkyl carbamates (subject to hydrolysis) is 1. The van der Waals surface area contributed by atoms with Crippen molar-refractivity contribution in [3.05, 3.63) is 0 Å². The first-order valence-corrected chi connectivity index (χ1v) is 7.36. The van der Waals surface area contributed by atoms with Gasteiger partial charge in [0, 0.05) is 0 Å². The van der Waals surface area contributed by atoms with Crippen molar-refractivity contribution in [3.8, 4) is 0 Å². The number of halogens is 1. The number of esters is 1. The molecule has 6 heteroatoms. The highest BCUT2D eigenvalue weighted by Gasteiger charge is 2.21. The van der Waals surface area contributed by atoms with Gasteiger partial charge in [-0.2, -0.15) is 0 Å². The average Bonchev–Trinajstić information content (AvgIpc) is 2.39. The Kier molecular flexibility index (Phi) is 8.97. The summed E-state index contributed by atoms with van der Waals surface area (Å²) in [5.41, 5.74) is -0.608. The summed E-state index contributed by atoms with van der Waals surface area (Å²) < 4.78 is 22.7. The second-order valence-electron chi connectivity index (χ2n) is 6.06. The smallest absolute Gasteiger partial charge is 0.407 e. The largest absolute Gasteiger partial charge is 0.469 e. The highest BCUT2D eigenvalue weighted by Crippen LogP contribution is 2.15. The van der Waals surface area contributed by atoms with Crippen molar-refractivity contribution in [1.82, 2.24) is 5.32 Å². The van der Waals surface area contributed by atoms with Crippen LogP contribution < -0.4 is 5.32 Å². The minimum atomic E-state index is -0.658. The zero-order valence-electron chi connectivity index (χ0n) is 13.7. The molecule has 5 nitrogen and oxygen atoms in total. The normalized spacial score (nSPS) is 14.2. The van der Waals surface area contributed by atoms with Crippen LogP contribution in [0.15, 0.2) is 0 Å². The molecule has 0 saturated heterocycles. The Bertz CT molecular complexity index is 328. The quantitative estimate of drug-likeness (QED) is 0.699. The van der Waals surface area contributed by atoms with E-state index in [-0.39, 0.29) is 11.9 Å². The number of alkyl halides is 1. The van der Waals surface area contributed by atoms with Crippen LogP contribution >= 0.6 is 0 Å². The molecule has 0 aromatic rings. The Morgan fingerprint density at radius 1 is 1.24 bits per heavy atom. The van der Waals surface area contributed by atoms with E-state index in [1.807, 2.05) is 6.92 Å². The number of carbonyl (C=O) groups is 2. The van der Waals surface area contributed by atoms with E-state index in [1.54, 1.807) is 20.8 Å². The summed E-state index contributed by atoms with van der Waals surface area (Å²) in [6.45, 7) is 6.50. The number of nitrogens with one attached hydrogen (secondary N) is 1. The second-order valence-corrected chi connectivity index (χ2v) is 6.06. The molecule has 0 rings (SSSR count). The molecule has 0 aliphatic rings. The van der Waals surface area contributed by atoms with Gasteiger partial charge in [0.1, 0.15) is 12.3 Å². The van der Waals surface area contributed by atoms with Crippen LogP contribution in [0.4, 0.5) is 9.18 Å². The molecule has 0 saturated carbocycles. The first kappa shape index (κ1) is 19.7. The van der Waals surface area contributed by atoms with Gasteiger partial charge in [-0.15, -0.1) is 0 Å². The molecule has 0 aromatic carbocycles. The van der Waals surface area contributed by atoms with E-state index in [1.165, 1.54) is 7.11 Å². The van der Waals surface area contributed by atoms with Crippen LogP contribution in [0.2, 0.25) is 0 Å². The summed E-state index contributed by atoms with van der Waals surface area (Å²) >= 11 is 0. The van der Waals surface area contributed by atoms with Crippen molar-refractivity contribution in [2.45, 2.75) is 65.0 Å². The van der Waals surface area contributed by atoms with E-state index in [4.69, 9.17) is 9.47 Å². The van der Waals surface area contributed by atoms with Gasteiger partial charge in [-0.25, -0.2) is 9.18 Å². The second kappa shape index (κ2) is 9.58. The molecule has 0 radical (unpaired) electrons. The molecule has 2 atom stereocenters. The minimum absolute atomic E-state index is 0.170. The molecular formula is C15H28FNO4. The first-order chi connectivity index (χ1) is 9.73. The SMILES string of the molecule is CCC(CCCC(CF)NC(=O)OC(C)(C)C)C(=O)OC. The summed E-state index contributed by atoms with van der Waals surface area (Å²) in [6, 6.07) is -0.588. The molecule has 21 heavy (non-hydrogen) atoms. The molecule has 0 aliphatic carbocycles. The van der Waals surface area contributed by atoms with Crippen LogP contribution in [0.25, 0.3) is 0 Å². The summed E-state index contributed by atoms with van der Waals surface area (Å²) in [5.74, 6) is -0.411. The topological polar surface area (TPSA) is 64.6 Å². The van der Waals surface area contributed by atoms with Gasteiger partial charge < -0.3 is 14.8 Å². The Balaban J connectivity index is 4.15. The number of amides is 1. The number of carbonyl (C=O) groups excluding carboxylic acids is 2. The number of methoxy groups -OCH3 is 1. The first-order valence-electron chi connectivity index (χ1n) is 7.36. The Morgan fingerprint density at radius 2 is 1.86 bits per heavy atom. The van der Waals surface area contributed by atoms with Crippen LogP contribution in [0.3, 0.4) is 0 Å². The summed E-state index contributed by atoms with van der Waals surface area (Å²) in [4.78, 5) is 23.0. The molecule has 0 aliphatic heterocycles. The number of hydrogen-bond donors (Lipinski definition) is 1. The maximum absolute atomic E-state index is 12.9. The third-order valence-electron chi connectivity index (χ3n) is 3.04. The molecule has 0 bridgehead atoms. The lowest BCUT2D eigenvalue weighted by Gasteiger charge is -2.22. The lowest BCUT2D eigenvalue weighted by Crippen LogP contribution is -2.40. The van der Waals surface area contributed by atoms with E-state index in [0.717, 1.165) is 0 Å². The molecule has 124 valence electrons. The maximum Gasteiger partial charge on any atom is 0.407 e. The zero-order chi connectivity index (χ0) is 16.5. The van der Waals surface area contributed by atoms with E-state index in [2.05, 4.69) is 5.32 Å². The predicted octanol–water partition coefficient (Wildman–Crippen LogP) is 3.22. The Morgan fingerprint density at radius 3 is 2.29 bits per heavy atom. The summed E-state index contributed by atoms with van der Waals surface area (Å²) in [7, 11) is 1.36. The lowest BCUT2D eigenvalue weighted by atomic mass is 9.98. The van der Waals surface area contributed by atoms with Crippen molar-refractivity contribution in [3.63, 3.8) is 0 Å². The molecule has 1 amide bonds. The molecular weight excluding hydrogens is 277 g/mol. The molecule has 1 N–H and O–H groups in total. The number of ether oxygens (including phenoxy) is 2. The highest BCUT2D eigenvalue weighted by molar-refractivity contribution is 5.72. The van der Waals surface area contributed by atoms with Gasteiger partial charge in [0.2, 0.25) is 0 Å². The van der Waals surface area contributed by atoms with Gasteiger partial charge in [-0.1, -0.05) is 13.3 Å². The predicted molar refractivity (Wildman–Crippen MR) is 78.8 cm³/mol. The lowest BCUT2D eigenvalue weighted by molar-refractivity contribution is -0.145. The molecule has 0 fully saturated rings. The van der Waals surface area contributed by atoms with Gasteiger partial charge in [0.25, 0.3) is 0 Å². The van der Waals surface area contributed by atoms with Gasteiger partial charge in [-0.3, -0.25) is 4.79 Å². The molecule has 0 heterocycles. The summed E-state index contributed by atoms with van der Waals surface area (Å²) in [6.07, 6.45) is 1.79. The van der Waals surface area contributed by atoms with E-state index in [0.29, 0.717) is 25.7 Å². The minimum Gasteiger partial charge on any atom is -0.469 e. The standard InChI is InChI=1S/C15H28FNO4/c1-6-11(13(18)20-5)8-7-9-12(10-16)17-14(19)21-15(2,3)4/h11-12H,6-10H2,1-5H3,(H,17,19). The molecule has 0 spiro atoms. The number of hydrogen-bond acceptors (Lipinski definition) is 4. The molecule has 0 aromatic heterocycles. The fourth-order valence-corrected chi connectivity index (χ4v) is 1.93. The van der Waals surface area contributed by atoms with Crippen LogP contribution in [-0.2, 0) is 14.3 Å². The van der Waals surface area contributed by atoms with E-state index >= 15 is 0 Å². The van der Waals surface area contributed by atoms with Gasteiger partial charge in [-0.05, 0) is 40.0 Å². The van der Waals surface area contributed by atoms with E-state index in [9.17, 15) is 14.0 Å². The van der Waals surface area contributed by atoms with Crippen LogP contribution in [0, 0.1) is 5.92 Å². The van der Waals surface area contributed by atoms with E-state index < -0.39 is 24.4 Å². The van der Waals surface area contributed by atoms with Crippen LogP contribution in [0.5, 0.6) is 0 Å². The third-order valence-corrected chi connectivity index (χ3v) is 3.04. The van der Waals surface area contributed by atoms with Crippen molar-refractivity contribution in [1.29, 1.82) is 0 Å². The Hall–Kier alpha value is -1.33. The van der Waals surface area contributed by atoms with Crippen molar-refractivity contribution >= 4 is 12.1 Å². The monoisotopic (exact) mass is 305 g/mol. The van der Waals surface area contributed by atoms with Gasteiger partial charge >= 0.3 is 12.1 Å². The maximum atomic E-state index is 12.9. The zero-order valence-corrected chi connectivity index (χ0v) is 13.7. The van der Waals surface area contributed by atoms with Crippen molar-refractivity contribution in [2.75, 3.05) is 13.8 Å². The van der Waals surface area contributed by atoms with Gasteiger partial charge in [0.15, 0.2) is 0 Å². The molecule has 2 unspecified atom stereocenters. The highest BCUT2D eigenvalue weighted by atomic mass is 19.1. The fourth-order valence-electron chi connectivity index (χ4n) is 1.93. The average molecular weight is 305 g/mol. The summed E-state index contributed by atoms with van der Waals surface area (Å²) in [5, 5.41) is 2.51. The van der Waals surface area contributed by atoms with Gasteiger partial charge in [0.05, 0.1) is 19.1 Å². The van der Waals surface area contributed by atoms with Crippen molar-refractivity contribution < 1.29 is 23.5 Å². The number of rotatable bonds is 8. The third kappa shape index (κ3) is 9.26. The van der Waals surface area contributed by atoms with Crippen LogP contribution in [0.1, 0.15) is 53.4 Å².